The molecule has 222 valence electrons. The number of fused-ring (bicyclic) bond motifs is 1. The molecule has 2 aromatic rings. The molecule has 2 aromatic carbocycles. The number of nitrogens with zero attached hydrogens (tertiary/aromatic N) is 2. The van der Waals surface area contributed by atoms with E-state index in [0.717, 1.165) is 43.6 Å². The molecular weight excluding hydrogens is 529 g/mol. The first kappa shape index (κ1) is 30.1. The maximum atomic E-state index is 15.3. The molecule has 0 saturated carbocycles. The number of amidine groups is 1. The third-order valence-corrected chi connectivity index (χ3v) is 7.62. The molecule has 0 aromatic heterocycles. The smallest absolute Gasteiger partial charge is 0.303 e. The van der Waals surface area contributed by atoms with Gasteiger partial charge in [0.15, 0.2) is 23.1 Å². The normalized spacial score (nSPS) is 15.1. The monoisotopic (exact) mass is 569 g/mol. The van der Waals surface area contributed by atoms with Gasteiger partial charge in [0.25, 0.3) is 0 Å². The van der Waals surface area contributed by atoms with E-state index in [-0.39, 0.29) is 60.2 Å². The Hall–Kier alpha value is -3.82. The van der Waals surface area contributed by atoms with Crippen LogP contribution in [0.3, 0.4) is 0 Å². The number of halogens is 1. The number of carboxylic acid groups (broad SMARTS) is 1. The number of carbonyl (C=O) groups excluding carboxylic acids is 1. The lowest BCUT2D eigenvalue weighted by Gasteiger charge is -2.34. The molecule has 1 saturated heterocycles. The molecule has 10 heteroatoms. The Bertz CT molecular complexity index is 1330. The Kier molecular flexibility index (Phi) is 9.09. The van der Waals surface area contributed by atoms with Crippen LogP contribution in [-0.4, -0.2) is 68.1 Å². The molecule has 0 radical (unpaired) electrons. The molecule has 0 unspecified atom stereocenters. The van der Waals surface area contributed by atoms with Gasteiger partial charge in [0.2, 0.25) is 0 Å². The van der Waals surface area contributed by atoms with Crippen molar-refractivity contribution in [1.82, 2.24) is 4.90 Å². The van der Waals surface area contributed by atoms with E-state index in [1.807, 2.05) is 12.1 Å². The molecule has 2 aliphatic rings. The van der Waals surface area contributed by atoms with Crippen molar-refractivity contribution in [2.75, 3.05) is 45.4 Å². The van der Waals surface area contributed by atoms with Gasteiger partial charge in [0.1, 0.15) is 11.6 Å². The van der Waals surface area contributed by atoms with Crippen LogP contribution in [0.4, 0.5) is 10.1 Å². The van der Waals surface area contributed by atoms with Crippen LogP contribution < -0.4 is 19.1 Å². The second-order valence-electron chi connectivity index (χ2n) is 11.6. The molecule has 0 spiro atoms. The van der Waals surface area contributed by atoms with Gasteiger partial charge in [0.05, 0.1) is 38.6 Å². The minimum absolute atomic E-state index is 0.0169. The lowest BCUT2D eigenvalue weighted by molar-refractivity contribution is -0.137. The SMILES string of the molecule is COc1cc2c(c(F)c1OC)C(=N)N(CC(=O)c1cc(N3CCCCC3)c(OCCCC(=O)O)c(C(C)(C)C)c1)C2. The molecule has 2 N–H and O–H groups in total. The molecule has 4 rings (SSSR count). The van der Waals surface area contributed by atoms with Crippen molar-refractivity contribution < 1.29 is 33.3 Å². The van der Waals surface area contributed by atoms with E-state index >= 15 is 4.39 Å². The summed E-state index contributed by atoms with van der Waals surface area (Å²) in [5, 5.41) is 17.7. The van der Waals surface area contributed by atoms with Crippen molar-refractivity contribution in [3.05, 3.63) is 46.3 Å². The summed E-state index contributed by atoms with van der Waals surface area (Å²) < 4.78 is 32.0. The number of hydrogen-bond acceptors (Lipinski definition) is 7. The van der Waals surface area contributed by atoms with Crippen molar-refractivity contribution >= 4 is 23.3 Å². The Morgan fingerprint density at radius 3 is 2.37 bits per heavy atom. The topological polar surface area (TPSA) is 112 Å². The minimum Gasteiger partial charge on any atom is -0.493 e. The molecule has 2 aliphatic heterocycles. The van der Waals surface area contributed by atoms with Gasteiger partial charge in [-0.15, -0.1) is 0 Å². The van der Waals surface area contributed by atoms with Crippen LogP contribution in [0.2, 0.25) is 0 Å². The predicted molar refractivity (Wildman–Crippen MR) is 155 cm³/mol. The van der Waals surface area contributed by atoms with E-state index in [1.54, 1.807) is 11.0 Å². The van der Waals surface area contributed by atoms with Gasteiger partial charge < -0.3 is 29.1 Å². The number of Topliss-reactive ketones (excluding diaryl/α,β-unsaturated/α-hetero) is 1. The van der Waals surface area contributed by atoms with Crippen molar-refractivity contribution in [2.45, 2.75) is 64.8 Å². The summed E-state index contributed by atoms with van der Waals surface area (Å²) in [6, 6.07) is 5.36. The number of methoxy groups -OCH3 is 2. The van der Waals surface area contributed by atoms with Gasteiger partial charge in [-0.25, -0.2) is 4.39 Å². The largest absolute Gasteiger partial charge is 0.493 e. The van der Waals surface area contributed by atoms with Crippen LogP contribution in [0.15, 0.2) is 18.2 Å². The first-order valence-corrected chi connectivity index (χ1v) is 14.0. The maximum absolute atomic E-state index is 15.3. The van der Waals surface area contributed by atoms with Gasteiger partial charge in [-0.1, -0.05) is 20.8 Å². The molecular formula is C31H40FN3O6. The highest BCUT2D eigenvalue weighted by Gasteiger charge is 2.34. The Morgan fingerprint density at radius 2 is 1.76 bits per heavy atom. The van der Waals surface area contributed by atoms with E-state index in [0.29, 0.717) is 23.3 Å². The number of hydrogen-bond donors (Lipinski definition) is 2. The number of carbonyl (C=O) groups is 2. The fourth-order valence-electron chi connectivity index (χ4n) is 5.47. The third-order valence-electron chi connectivity index (χ3n) is 7.62. The van der Waals surface area contributed by atoms with Crippen molar-refractivity contribution in [3.8, 4) is 17.2 Å². The average Bonchev–Trinajstić information content (AvgIpc) is 3.25. The molecule has 0 amide bonds. The summed E-state index contributed by atoms with van der Waals surface area (Å²) in [7, 11) is 2.77. The number of carboxylic acids is 1. The molecule has 0 bridgehead atoms. The molecule has 2 heterocycles. The van der Waals surface area contributed by atoms with Crippen LogP contribution in [-0.2, 0) is 16.8 Å². The first-order chi connectivity index (χ1) is 19.5. The Balaban J connectivity index is 1.67. The lowest BCUT2D eigenvalue weighted by Crippen LogP contribution is -2.32. The summed E-state index contributed by atoms with van der Waals surface area (Å²) >= 11 is 0. The second-order valence-corrected chi connectivity index (χ2v) is 11.6. The highest BCUT2D eigenvalue weighted by atomic mass is 19.1. The second kappa shape index (κ2) is 12.4. The van der Waals surface area contributed by atoms with Crippen LogP contribution in [0.5, 0.6) is 17.2 Å². The molecule has 41 heavy (non-hydrogen) atoms. The van der Waals surface area contributed by atoms with Crippen molar-refractivity contribution in [1.29, 1.82) is 5.41 Å². The number of ketones is 1. The number of ether oxygens (including phenoxy) is 3. The summed E-state index contributed by atoms with van der Waals surface area (Å²) in [6.07, 6.45) is 3.60. The summed E-state index contributed by atoms with van der Waals surface area (Å²) in [5.41, 5.74) is 2.50. The predicted octanol–water partition coefficient (Wildman–Crippen LogP) is 5.40. The highest BCUT2D eigenvalue weighted by Crippen LogP contribution is 2.42. The number of piperidine rings is 1. The Labute approximate surface area is 240 Å². The van der Waals surface area contributed by atoms with E-state index in [9.17, 15) is 9.59 Å². The quantitative estimate of drug-likeness (QED) is 0.273. The number of anilines is 1. The summed E-state index contributed by atoms with van der Waals surface area (Å²) in [5.74, 6) is -0.944. The average molecular weight is 570 g/mol. The summed E-state index contributed by atoms with van der Waals surface area (Å²) in [6.45, 7) is 8.19. The molecule has 0 atom stereocenters. The van der Waals surface area contributed by atoms with Gasteiger partial charge in [-0.2, -0.15) is 0 Å². The van der Waals surface area contributed by atoms with Crippen LogP contribution in [0.25, 0.3) is 0 Å². The number of nitrogens with one attached hydrogen (secondary N) is 1. The fraction of sp³-hybridized carbons (Fsp3) is 0.516. The fourth-order valence-corrected chi connectivity index (χ4v) is 5.47. The number of benzene rings is 2. The highest BCUT2D eigenvalue weighted by molar-refractivity contribution is 6.06. The van der Waals surface area contributed by atoms with Gasteiger partial charge >= 0.3 is 5.97 Å². The van der Waals surface area contributed by atoms with E-state index in [4.69, 9.17) is 24.7 Å². The zero-order valence-corrected chi connectivity index (χ0v) is 24.6. The van der Waals surface area contributed by atoms with Gasteiger partial charge in [-0.3, -0.25) is 15.0 Å². The first-order valence-electron chi connectivity index (χ1n) is 14.0. The zero-order valence-electron chi connectivity index (χ0n) is 24.6. The number of rotatable bonds is 11. The van der Waals surface area contributed by atoms with Crippen molar-refractivity contribution in [2.24, 2.45) is 0 Å². The minimum atomic E-state index is -0.867. The lowest BCUT2D eigenvalue weighted by atomic mass is 9.84. The van der Waals surface area contributed by atoms with Gasteiger partial charge in [-0.05, 0) is 54.9 Å². The standard InChI is InChI=1S/C31H40FN3O6/c1-31(2,3)21-14-19(15-22(34-11-7-6-8-12-34)28(21)41-13-9-10-25(37)38)23(36)18-35-17-20-16-24(39-4)29(40-5)27(32)26(20)30(35)33/h14-16,33H,6-13,17-18H2,1-5H3,(H,37,38). The zero-order chi connectivity index (χ0) is 29.9. The maximum Gasteiger partial charge on any atom is 0.303 e. The molecule has 0 aliphatic carbocycles. The Morgan fingerprint density at radius 1 is 1.05 bits per heavy atom. The van der Waals surface area contributed by atoms with Crippen LogP contribution in [0, 0.1) is 11.2 Å². The number of aliphatic carboxylic acids is 1. The van der Waals surface area contributed by atoms with E-state index in [2.05, 4.69) is 25.7 Å². The van der Waals surface area contributed by atoms with Gasteiger partial charge in [0, 0.05) is 37.2 Å². The molecule has 1 fully saturated rings. The van der Waals surface area contributed by atoms with Crippen molar-refractivity contribution in [3.63, 3.8) is 0 Å². The van der Waals surface area contributed by atoms with E-state index in [1.165, 1.54) is 14.2 Å². The third kappa shape index (κ3) is 6.41. The van der Waals surface area contributed by atoms with Crippen LogP contribution >= 0.6 is 0 Å². The van der Waals surface area contributed by atoms with Crippen LogP contribution in [0.1, 0.15) is 79.9 Å². The van der Waals surface area contributed by atoms with E-state index < -0.39 is 11.8 Å². The summed E-state index contributed by atoms with van der Waals surface area (Å²) in [4.78, 5) is 28.6. The molecule has 9 nitrogen and oxygen atoms in total.